The molecule has 2 heterocycles. The number of benzene rings is 1. The van der Waals surface area contributed by atoms with Crippen molar-refractivity contribution >= 4 is 28.3 Å². The van der Waals surface area contributed by atoms with Crippen molar-refractivity contribution < 1.29 is 4.79 Å². The van der Waals surface area contributed by atoms with Crippen molar-refractivity contribution in [2.45, 2.75) is 32.7 Å². The molecule has 0 saturated heterocycles. The lowest BCUT2D eigenvalue weighted by Gasteiger charge is -2.23. The lowest BCUT2D eigenvalue weighted by Crippen LogP contribution is -2.29. The summed E-state index contributed by atoms with van der Waals surface area (Å²) in [5.74, 6) is 0.992. The van der Waals surface area contributed by atoms with Crippen molar-refractivity contribution in [3.8, 4) is 0 Å². The van der Waals surface area contributed by atoms with Gasteiger partial charge in [-0.15, -0.1) is 0 Å². The molecule has 0 aliphatic heterocycles. The van der Waals surface area contributed by atoms with Crippen LogP contribution in [0.25, 0.3) is 10.9 Å². The first-order valence-corrected chi connectivity index (χ1v) is 10.2. The Balaban J connectivity index is 1.49. The zero-order chi connectivity index (χ0) is 20.8. The number of fused-ring (bicyclic) bond motifs is 1. The number of pyridine rings is 1. The lowest BCUT2D eigenvalue weighted by atomic mass is 10.2. The molecular weight excluding hydrogens is 362 g/mol. The molecule has 6 nitrogen and oxygen atoms in total. The molecule has 0 unspecified atom stereocenters. The van der Waals surface area contributed by atoms with Gasteiger partial charge in [-0.3, -0.25) is 4.79 Å². The summed E-state index contributed by atoms with van der Waals surface area (Å²) in [7, 11) is 3.92. The molecule has 29 heavy (non-hydrogen) atoms. The summed E-state index contributed by atoms with van der Waals surface area (Å²) >= 11 is 0. The first-order chi connectivity index (χ1) is 14.0. The number of nitrogens with zero attached hydrogens (tertiary/aromatic N) is 3. The highest BCUT2D eigenvalue weighted by Gasteiger charge is 2.14. The van der Waals surface area contributed by atoms with Gasteiger partial charge < -0.3 is 20.1 Å². The number of hydrogen-bond acceptors (Lipinski definition) is 4. The molecule has 0 atom stereocenters. The third-order valence-electron chi connectivity index (χ3n) is 4.94. The summed E-state index contributed by atoms with van der Waals surface area (Å²) < 4.78 is 0. The van der Waals surface area contributed by atoms with E-state index in [1.54, 1.807) is 4.90 Å². The number of H-pyrrole nitrogens is 1. The Hall–Kier alpha value is -3.02. The number of carbonyl (C=O) groups excluding carboxylic acids is 1. The minimum absolute atomic E-state index is 0.0303. The Morgan fingerprint density at radius 2 is 1.86 bits per heavy atom. The van der Waals surface area contributed by atoms with Gasteiger partial charge in [0.2, 0.25) is 0 Å². The standard InChI is InChI=1S/C23H31N5O/c1-17(2)25-20-12-9-13-24-22(20)27(3)14-7-8-15-28(4)23(29)21-16-18-10-5-6-11-19(18)26-21/h5-6,9-13,16-17,25-26H,7-8,14-15H2,1-4H3. The van der Waals surface area contributed by atoms with E-state index < -0.39 is 0 Å². The van der Waals surface area contributed by atoms with Crippen molar-refractivity contribution in [3.63, 3.8) is 0 Å². The van der Waals surface area contributed by atoms with E-state index in [1.807, 2.05) is 49.6 Å². The smallest absolute Gasteiger partial charge is 0.270 e. The van der Waals surface area contributed by atoms with E-state index >= 15 is 0 Å². The Morgan fingerprint density at radius 3 is 2.62 bits per heavy atom. The van der Waals surface area contributed by atoms with Crippen molar-refractivity contribution in [1.29, 1.82) is 0 Å². The first kappa shape index (κ1) is 20.7. The summed E-state index contributed by atoms with van der Waals surface area (Å²) in [4.78, 5) is 24.4. The van der Waals surface area contributed by atoms with Crippen LogP contribution >= 0.6 is 0 Å². The van der Waals surface area contributed by atoms with Gasteiger partial charge >= 0.3 is 0 Å². The molecule has 0 spiro atoms. The highest BCUT2D eigenvalue weighted by atomic mass is 16.2. The van der Waals surface area contributed by atoms with E-state index in [4.69, 9.17) is 0 Å². The Bertz CT molecular complexity index is 916. The van der Waals surface area contributed by atoms with Crippen LogP contribution in [0.5, 0.6) is 0 Å². The molecule has 0 bridgehead atoms. The average molecular weight is 394 g/mol. The number of hydrogen-bond donors (Lipinski definition) is 2. The monoisotopic (exact) mass is 393 g/mol. The number of aromatic nitrogens is 2. The number of anilines is 2. The lowest BCUT2D eigenvalue weighted by molar-refractivity contribution is 0.0788. The summed E-state index contributed by atoms with van der Waals surface area (Å²) in [5.41, 5.74) is 2.69. The van der Waals surface area contributed by atoms with Crippen molar-refractivity contribution in [2.75, 3.05) is 37.4 Å². The Labute approximate surface area is 172 Å². The first-order valence-electron chi connectivity index (χ1n) is 10.2. The van der Waals surface area contributed by atoms with Gasteiger partial charge in [0.05, 0.1) is 5.69 Å². The van der Waals surface area contributed by atoms with Crippen LogP contribution in [0.15, 0.2) is 48.7 Å². The van der Waals surface area contributed by atoms with E-state index in [9.17, 15) is 4.79 Å². The van der Waals surface area contributed by atoms with Crippen LogP contribution in [-0.2, 0) is 0 Å². The molecular formula is C23H31N5O. The maximum atomic E-state index is 12.7. The van der Waals surface area contributed by atoms with Crippen LogP contribution in [-0.4, -0.2) is 54.0 Å². The number of amides is 1. The molecule has 2 aromatic heterocycles. The highest BCUT2D eigenvalue weighted by Crippen LogP contribution is 2.22. The van der Waals surface area contributed by atoms with E-state index in [0.717, 1.165) is 48.3 Å². The molecule has 154 valence electrons. The molecule has 0 fully saturated rings. The summed E-state index contributed by atoms with van der Waals surface area (Å²) in [6.07, 6.45) is 3.75. The van der Waals surface area contributed by atoms with Crippen LogP contribution in [0.4, 0.5) is 11.5 Å². The molecule has 3 aromatic rings. The number of carbonyl (C=O) groups is 1. The topological polar surface area (TPSA) is 64.3 Å². The molecule has 1 aromatic carbocycles. The average Bonchev–Trinajstić information content (AvgIpc) is 3.14. The second kappa shape index (κ2) is 9.45. The number of aromatic amines is 1. The van der Waals surface area contributed by atoms with Crippen LogP contribution in [0.1, 0.15) is 37.2 Å². The minimum atomic E-state index is 0.0303. The molecule has 0 aliphatic carbocycles. The zero-order valence-electron chi connectivity index (χ0n) is 17.8. The summed E-state index contributed by atoms with van der Waals surface area (Å²) in [6, 6.07) is 14.2. The number of unbranched alkanes of at least 4 members (excludes halogenated alkanes) is 1. The normalized spacial score (nSPS) is 11.1. The third-order valence-corrected chi connectivity index (χ3v) is 4.94. The van der Waals surface area contributed by atoms with Crippen LogP contribution in [0.2, 0.25) is 0 Å². The molecule has 6 heteroatoms. The van der Waals surface area contributed by atoms with Crippen LogP contribution in [0.3, 0.4) is 0 Å². The van der Waals surface area contributed by atoms with Gasteiger partial charge in [-0.1, -0.05) is 18.2 Å². The van der Waals surface area contributed by atoms with E-state index in [0.29, 0.717) is 11.7 Å². The largest absolute Gasteiger partial charge is 0.380 e. The molecule has 0 aliphatic rings. The van der Waals surface area contributed by atoms with Crippen LogP contribution < -0.4 is 10.2 Å². The van der Waals surface area contributed by atoms with Crippen LogP contribution in [0, 0.1) is 0 Å². The second-order valence-corrected chi connectivity index (χ2v) is 7.80. The molecule has 1 amide bonds. The minimum Gasteiger partial charge on any atom is -0.380 e. The van der Waals surface area contributed by atoms with Gasteiger partial charge in [-0.25, -0.2) is 4.98 Å². The zero-order valence-corrected chi connectivity index (χ0v) is 17.8. The van der Waals surface area contributed by atoms with E-state index in [1.165, 1.54) is 0 Å². The Morgan fingerprint density at radius 1 is 1.10 bits per heavy atom. The summed E-state index contributed by atoms with van der Waals surface area (Å²) in [6.45, 7) is 5.85. The molecule has 0 radical (unpaired) electrons. The fraction of sp³-hybridized carbons (Fsp3) is 0.391. The number of rotatable bonds is 9. The van der Waals surface area contributed by atoms with Gasteiger partial charge in [0.15, 0.2) is 5.82 Å². The molecule has 0 saturated carbocycles. The number of nitrogens with one attached hydrogen (secondary N) is 2. The highest BCUT2D eigenvalue weighted by molar-refractivity contribution is 5.97. The predicted octanol–water partition coefficient (Wildman–Crippen LogP) is 4.37. The maximum Gasteiger partial charge on any atom is 0.270 e. The Kier molecular flexibility index (Phi) is 6.75. The third kappa shape index (κ3) is 5.28. The number of para-hydroxylation sites is 1. The fourth-order valence-corrected chi connectivity index (χ4v) is 3.42. The van der Waals surface area contributed by atoms with Gasteiger partial charge in [-0.2, -0.15) is 0 Å². The van der Waals surface area contributed by atoms with E-state index in [2.05, 4.69) is 47.1 Å². The van der Waals surface area contributed by atoms with Gasteiger partial charge in [0.1, 0.15) is 5.69 Å². The quantitative estimate of drug-likeness (QED) is 0.530. The van der Waals surface area contributed by atoms with E-state index in [-0.39, 0.29) is 5.91 Å². The molecule has 2 N–H and O–H groups in total. The van der Waals surface area contributed by atoms with Gasteiger partial charge in [-0.05, 0) is 51.0 Å². The van der Waals surface area contributed by atoms with Crippen molar-refractivity contribution in [3.05, 3.63) is 54.4 Å². The van der Waals surface area contributed by atoms with Gasteiger partial charge in [0, 0.05) is 50.3 Å². The maximum absolute atomic E-state index is 12.7. The SMILES string of the molecule is CC(C)Nc1cccnc1N(C)CCCCN(C)C(=O)c1cc2ccccc2[nH]1. The predicted molar refractivity (Wildman–Crippen MR) is 121 cm³/mol. The fourth-order valence-electron chi connectivity index (χ4n) is 3.42. The van der Waals surface area contributed by atoms with Crippen molar-refractivity contribution in [1.82, 2.24) is 14.9 Å². The second-order valence-electron chi connectivity index (χ2n) is 7.80. The summed E-state index contributed by atoms with van der Waals surface area (Å²) in [5, 5.41) is 4.51. The van der Waals surface area contributed by atoms with Gasteiger partial charge in [0.25, 0.3) is 5.91 Å². The molecule has 3 rings (SSSR count). The van der Waals surface area contributed by atoms with Crippen molar-refractivity contribution in [2.24, 2.45) is 0 Å².